The average Bonchev–Trinajstić information content (AvgIpc) is 3.01. The molecule has 0 unspecified atom stereocenters. The smallest absolute Gasteiger partial charge is 0.416 e. The third kappa shape index (κ3) is 8.69. The van der Waals surface area contributed by atoms with Crippen LogP contribution in [0.3, 0.4) is 0 Å². The van der Waals surface area contributed by atoms with Gasteiger partial charge < -0.3 is 15.4 Å². The number of hydrogen-bond donors (Lipinski definition) is 1. The number of nitrogens with zero attached hydrogens (tertiary/aromatic N) is 4. The molecule has 41 heavy (non-hydrogen) atoms. The first kappa shape index (κ1) is 29.9. The molecule has 3 heterocycles. The highest BCUT2D eigenvalue weighted by Crippen LogP contribution is 2.32. The van der Waals surface area contributed by atoms with E-state index in [0.29, 0.717) is 11.4 Å². The average molecular weight is 564 g/mol. The number of aromatic nitrogens is 2. The van der Waals surface area contributed by atoms with E-state index in [-0.39, 0.29) is 0 Å². The van der Waals surface area contributed by atoms with Crippen LogP contribution >= 0.6 is 0 Å². The lowest BCUT2D eigenvalue weighted by atomic mass is 10.0. The van der Waals surface area contributed by atoms with Gasteiger partial charge in [-0.1, -0.05) is 24.3 Å². The van der Waals surface area contributed by atoms with E-state index in [1.807, 2.05) is 53.4 Å². The van der Waals surface area contributed by atoms with E-state index in [1.54, 1.807) is 31.8 Å². The number of aryl methyl sites for hydroxylation is 1. The summed E-state index contributed by atoms with van der Waals surface area (Å²) in [6.07, 6.45) is 3.76. The fourth-order valence-corrected chi connectivity index (χ4v) is 4.81. The zero-order chi connectivity index (χ0) is 29.1. The number of hydrogen-bond acceptors (Lipinski definition) is 6. The van der Waals surface area contributed by atoms with Gasteiger partial charge in [0.25, 0.3) is 0 Å². The minimum absolute atomic E-state index is 0.596. The molecule has 0 bridgehead atoms. The van der Waals surface area contributed by atoms with Gasteiger partial charge >= 0.3 is 6.18 Å². The number of nitrogen functional groups attached to an aromatic ring is 1. The van der Waals surface area contributed by atoms with Gasteiger partial charge in [0.1, 0.15) is 5.75 Å². The van der Waals surface area contributed by atoms with E-state index in [9.17, 15) is 13.2 Å². The summed E-state index contributed by atoms with van der Waals surface area (Å²) in [4.78, 5) is 12.7. The minimum Gasteiger partial charge on any atom is -0.497 e. The first-order chi connectivity index (χ1) is 19.8. The van der Waals surface area contributed by atoms with Crippen molar-refractivity contribution in [2.24, 2.45) is 0 Å². The quantitative estimate of drug-likeness (QED) is 0.244. The van der Waals surface area contributed by atoms with Crippen molar-refractivity contribution in [3.63, 3.8) is 0 Å². The summed E-state index contributed by atoms with van der Waals surface area (Å²) in [6, 6.07) is 21.1. The van der Waals surface area contributed by atoms with Crippen molar-refractivity contribution in [3.8, 4) is 16.9 Å². The van der Waals surface area contributed by atoms with Gasteiger partial charge in [-0.25, -0.2) is 0 Å². The fourth-order valence-electron chi connectivity index (χ4n) is 4.81. The van der Waals surface area contributed by atoms with Crippen molar-refractivity contribution in [1.29, 1.82) is 0 Å². The van der Waals surface area contributed by atoms with Crippen molar-refractivity contribution >= 4 is 11.4 Å². The maximum Gasteiger partial charge on any atom is 0.416 e. The van der Waals surface area contributed by atoms with Gasteiger partial charge in [-0.15, -0.1) is 0 Å². The van der Waals surface area contributed by atoms with Gasteiger partial charge in [-0.2, -0.15) is 13.2 Å². The summed E-state index contributed by atoms with van der Waals surface area (Å²) in [5.41, 5.74) is 10.1. The Hall–Kier alpha value is -4.11. The number of benzene rings is 2. The summed E-state index contributed by atoms with van der Waals surface area (Å²) in [6.45, 7) is 4.06. The molecule has 1 aliphatic rings. The van der Waals surface area contributed by atoms with Crippen LogP contribution in [0.4, 0.5) is 24.5 Å². The van der Waals surface area contributed by atoms with Crippen LogP contribution in [0, 0.1) is 0 Å². The SMILES string of the molecule is COc1cccc(-c2ccnc(CCCCN3CCN(c4cccc(C(F)(F)F)c4)CC3)c2N)c1.c1ccncc1. The number of rotatable bonds is 8. The number of nitrogens with two attached hydrogens (primary N) is 1. The molecule has 5 rings (SSSR count). The van der Waals surface area contributed by atoms with E-state index in [0.717, 1.165) is 80.6 Å². The van der Waals surface area contributed by atoms with E-state index < -0.39 is 11.7 Å². The summed E-state index contributed by atoms with van der Waals surface area (Å²) >= 11 is 0. The van der Waals surface area contributed by atoms with Gasteiger partial charge in [-0.05, 0) is 79.9 Å². The molecule has 0 spiro atoms. The summed E-state index contributed by atoms with van der Waals surface area (Å²) in [7, 11) is 1.64. The Morgan fingerprint density at radius 3 is 2.27 bits per heavy atom. The predicted octanol–water partition coefficient (Wildman–Crippen LogP) is 6.58. The number of piperazine rings is 1. The molecular formula is C32H36F3N5O. The topological polar surface area (TPSA) is 67.5 Å². The maximum atomic E-state index is 13.0. The first-order valence-electron chi connectivity index (χ1n) is 13.7. The van der Waals surface area contributed by atoms with Gasteiger partial charge in [-0.3, -0.25) is 14.9 Å². The van der Waals surface area contributed by atoms with Crippen LogP contribution in [-0.2, 0) is 12.6 Å². The standard InChI is InChI=1S/C27H31F3N4O.C5H5N/c1-35-23-9-4-6-20(18-23)24-11-12-32-25(26(24)31)10-2-3-13-33-14-16-34(17-15-33)22-8-5-7-21(19-22)27(28,29)30;1-2-4-6-5-3-1/h4-9,11-12,18-19H,2-3,10,13-17,31H2,1H3;1-5H. The monoisotopic (exact) mass is 563 g/mol. The number of methoxy groups -OCH3 is 1. The second-order valence-electron chi connectivity index (χ2n) is 9.81. The van der Waals surface area contributed by atoms with Gasteiger partial charge in [0.2, 0.25) is 0 Å². The molecule has 2 aromatic heterocycles. The normalized spacial score (nSPS) is 13.8. The van der Waals surface area contributed by atoms with Crippen molar-refractivity contribution in [2.75, 3.05) is 50.5 Å². The molecule has 0 amide bonds. The Labute approximate surface area is 239 Å². The van der Waals surface area contributed by atoms with Crippen LogP contribution in [0.5, 0.6) is 5.75 Å². The summed E-state index contributed by atoms with van der Waals surface area (Å²) in [5.74, 6) is 0.786. The number of unbranched alkanes of at least 4 members (excludes halogenated alkanes) is 1. The molecule has 6 nitrogen and oxygen atoms in total. The Morgan fingerprint density at radius 2 is 1.61 bits per heavy atom. The molecule has 0 atom stereocenters. The maximum absolute atomic E-state index is 13.0. The second kappa shape index (κ2) is 14.5. The predicted molar refractivity (Wildman–Crippen MR) is 158 cm³/mol. The lowest BCUT2D eigenvalue weighted by Crippen LogP contribution is -2.46. The van der Waals surface area contributed by atoms with Crippen LogP contribution in [0.25, 0.3) is 11.1 Å². The number of ether oxygens (including phenoxy) is 1. The molecule has 0 saturated carbocycles. The molecule has 0 radical (unpaired) electrons. The van der Waals surface area contributed by atoms with Crippen LogP contribution in [0.1, 0.15) is 24.1 Å². The molecule has 1 saturated heterocycles. The molecule has 9 heteroatoms. The van der Waals surface area contributed by atoms with E-state index >= 15 is 0 Å². The zero-order valence-electron chi connectivity index (χ0n) is 23.2. The van der Waals surface area contributed by atoms with Gasteiger partial charge in [0.05, 0.1) is 24.1 Å². The molecule has 1 aliphatic heterocycles. The van der Waals surface area contributed by atoms with Crippen molar-refractivity contribution in [1.82, 2.24) is 14.9 Å². The zero-order valence-corrected chi connectivity index (χ0v) is 23.2. The Bertz CT molecular complexity index is 1330. The Morgan fingerprint density at radius 1 is 0.854 bits per heavy atom. The Balaban J connectivity index is 0.000000572. The lowest BCUT2D eigenvalue weighted by molar-refractivity contribution is -0.137. The minimum atomic E-state index is -4.32. The first-order valence-corrected chi connectivity index (χ1v) is 13.7. The van der Waals surface area contributed by atoms with Crippen LogP contribution in [-0.4, -0.2) is 54.7 Å². The second-order valence-corrected chi connectivity index (χ2v) is 9.81. The Kier molecular flexibility index (Phi) is 10.6. The highest BCUT2D eigenvalue weighted by Gasteiger charge is 2.31. The molecular weight excluding hydrogens is 527 g/mol. The molecule has 0 aliphatic carbocycles. The van der Waals surface area contributed by atoms with E-state index in [1.165, 1.54) is 12.1 Å². The molecule has 1 fully saturated rings. The molecule has 2 aromatic carbocycles. The molecule has 4 aromatic rings. The largest absolute Gasteiger partial charge is 0.497 e. The fraction of sp³-hybridized carbons (Fsp3) is 0.312. The number of halogens is 3. The van der Waals surface area contributed by atoms with Crippen LogP contribution in [0.15, 0.2) is 91.4 Å². The number of anilines is 2. The van der Waals surface area contributed by atoms with E-state index in [4.69, 9.17) is 10.5 Å². The van der Waals surface area contributed by atoms with Gasteiger partial charge in [0.15, 0.2) is 0 Å². The highest BCUT2D eigenvalue weighted by molar-refractivity contribution is 5.78. The van der Waals surface area contributed by atoms with Crippen LogP contribution < -0.4 is 15.4 Å². The third-order valence-electron chi connectivity index (χ3n) is 7.07. The molecule has 2 N–H and O–H groups in total. The summed E-state index contributed by atoms with van der Waals surface area (Å²) < 4.78 is 44.4. The lowest BCUT2D eigenvalue weighted by Gasteiger charge is -2.36. The number of alkyl halides is 3. The van der Waals surface area contributed by atoms with Crippen molar-refractivity contribution in [3.05, 3.63) is 103 Å². The van der Waals surface area contributed by atoms with Crippen molar-refractivity contribution < 1.29 is 17.9 Å². The third-order valence-corrected chi connectivity index (χ3v) is 7.07. The van der Waals surface area contributed by atoms with Crippen molar-refractivity contribution in [2.45, 2.75) is 25.4 Å². The number of pyridine rings is 2. The molecule has 216 valence electrons. The highest BCUT2D eigenvalue weighted by atomic mass is 19.4. The van der Waals surface area contributed by atoms with Crippen LogP contribution in [0.2, 0.25) is 0 Å². The van der Waals surface area contributed by atoms with E-state index in [2.05, 4.69) is 14.9 Å². The van der Waals surface area contributed by atoms with Gasteiger partial charge in [0, 0.05) is 56.0 Å². The summed E-state index contributed by atoms with van der Waals surface area (Å²) in [5, 5.41) is 0.